The number of hydrogen-bond donors (Lipinski definition) is 2. The van der Waals surface area contributed by atoms with E-state index in [0.717, 1.165) is 24.8 Å². The minimum atomic E-state index is -3.06. The molecule has 0 bridgehead atoms. The van der Waals surface area contributed by atoms with Crippen molar-refractivity contribution in [3.8, 4) is 0 Å². The van der Waals surface area contributed by atoms with Gasteiger partial charge >= 0.3 is 0 Å². The third kappa shape index (κ3) is 4.05. The molecule has 0 aliphatic carbocycles. The largest absolute Gasteiger partial charge is 0.271 e. The van der Waals surface area contributed by atoms with E-state index in [1.165, 1.54) is 5.56 Å². The van der Waals surface area contributed by atoms with E-state index < -0.39 is 15.1 Å². The molecule has 1 heterocycles. The average Bonchev–Trinajstić information content (AvgIpc) is 2.41. The molecule has 4 nitrogen and oxygen atoms in total. The van der Waals surface area contributed by atoms with Crippen LogP contribution >= 0.6 is 0 Å². The Morgan fingerprint density at radius 2 is 2.10 bits per heavy atom. The molecule has 0 amide bonds. The van der Waals surface area contributed by atoms with Crippen LogP contribution in [0.25, 0.3) is 0 Å². The lowest BCUT2D eigenvalue weighted by Crippen LogP contribution is -2.43. The SMILES string of the molecule is CC(C)Cc1cccc(C(NN)C2CCCCS2(=O)=O)c1. The lowest BCUT2D eigenvalue weighted by Gasteiger charge is -2.30. The molecule has 0 saturated carbocycles. The normalized spacial score (nSPS) is 23.1. The molecule has 1 aliphatic heterocycles. The van der Waals surface area contributed by atoms with Gasteiger partial charge in [0.2, 0.25) is 0 Å². The van der Waals surface area contributed by atoms with Crippen molar-refractivity contribution in [3.05, 3.63) is 35.4 Å². The van der Waals surface area contributed by atoms with Crippen LogP contribution in [0, 0.1) is 5.92 Å². The van der Waals surface area contributed by atoms with E-state index in [2.05, 4.69) is 31.4 Å². The quantitative estimate of drug-likeness (QED) is 0.647. The monoisotopic (exact) mass is 310 g/mol. The van der Waals surface area contributed by atoms with Crippen LogP contribution in [0.3, 0.4) is 0 Å². The summed E-state index contributed by atoms with van der Waals surface area (Å²) in [4.78, 5) is 0. The van der Waals surface area contributed by atoms with Crippen LogP contribution in [0.15, 0.2) is 24.3 Å². The van der Waals surface area contributed by atoms with E-state index in [9.17, 15) is 8.42 Å². The summed E-state index contributed by atoms with van der Waals surface area (Å²) >= 11 is 0. The van der Waals surface area contributed by atoms with E-state index >= 15 is 0 Å². The van der Waals surface area contributed by atoms with Crippen molar-refractivity contribution in [3.63, 3.8) is 0 Å². The summed E-state index contributed by atoms with van der Waals surface area (Å²) in [6, 6.07) is 7.83. The summed E-state index contributed by atoms with van der Waals surface area (Å²) in [6.45, 7) is 4.36. The standard InChI is InChI=1S/C16H26N2O2S/c1-12(2)10-13-6-5-7-14(11-13)16(18-17)15-8-3-4-9-21(15,19)20/h5-7,11-12,15-16,18H,3-4,8-10,17H2,1-2H3. The fourth-order valence-corrected chi connectivity index (χ4v) is 5.24. The van der Waals surface area contributed by atoms with E-state index in [-0.39, 0.29) is 11.8 Å². The van der Waals surface area contributed by atoms with Crippen LogP contribution in [-0.2, 0) is 16.3 Å². The van der Waals surface area contributed by atoms with Gasteiger partial charge in [-0.05, 0) is 36.3 Å². The van der Waals surface area contributed by atoms with Crippen LogP contribution in [0.2, 0.25) is 0 Å². The van der Waals surface area contributed by atoms with Gasteiger partial charge in [0, 0.05) is 0 Å². The highest BCUT2D eigenvalue weighted by Crippen LogP contribution is 2.30. The van der Waals surface area contributed by atoms with Crippen LogP contribution < -0.4 is 11.3 Å². The first-order chi connectivity index (χ1) is 9.94. The summed E-state index contributed by atoms with van der Waals surface area (Å²) in [5, 5.41) is -0.412. The summed E-state index contributed by atoms with van der Waals surface area (Å²) < 4.78 is 24.6. The van der Waals surface area contributed by atoms with Gasteiger partial charge in [-0.15, -0.1) is 0 Å². The van der Waals surface area contributed by atoms with Gasteiger partial charge < -0.3 is 0 Å². The van der Waals surface area contributed by atoms with E-state index in [1.54, 1.807) is 0 Å². The number of nitrogens with two attached hydrogens (primary N) is 1. The Balaban J connectivity index is 2.28. The number of hydrazine groups is 1. The molecule has 0 radical (unpaired) electrons. The van der Waals surface area contributed by atoms with Gasteiger partial charge in [-0.25, -0.2) is 8.42 Å². The van der Waals surface area contributed by atoms with Gasteiger partial charge in [-0.3, -0.25) is 11.3 Å². The topological polar surface area (TPSA) is 72.2 Å². The molecule has 1 fully saturated rings. The molecule has 2 atom stereocenters. The molecular formula is C16H26N2O2S. The third-order valence-electron chi connectivity index (χ3n) is 4.13. The summed E-state index contributed by atoms with van der Waals surface area (Å²) in [7, 11) is -3.06. The Hall–Kier alpha value is -0.910. The van der Waals surface area contributed by atoms with Crippen LogP contribution in [-0.4, -0.2) is 19.4 Å². The van der Waals surface area contributed by atoms with Gasteiger partial charge in [0.1, 0.15) is 0 Å². The van der Waals surface area contributed by atoms with Crippen LogP contribution in [0.4, 0.5) is 0 Å². The van der Waals surface area contributed by atoms with Gasteiger partial charge in [-0.1, -0.05) is 44.5 Å². The zero-order valence-electron chi connectivity index (χ0n) is 12.9. The predicted molar refractivity (Wildman–Crippen MR) is 86.5 cm³/mol. The molecule has 1 aromatic rings. The Kier molecular flexibility index (Phi) is 5.41. The molecule has 0 spiro atoms. The highest BCUT2D eigenvalue weighted by Gasteiger charge is 2.35. The highest BCUT2D eigenvalue weighted by atomic mass is 32.2. The highest BCUT2D eigenvalue weighted by molar-refractivity contribution is 7.92. The number of rotatable bonds is 5. The minimum absolute atomic E-state index is 0.279. The Morgan fingerprint density at radius 1 is 1.33 bits per heavy atom. The fraction of sp³-hybridized carbons (Fsp3) is 0.625. The van der Waals surface area contributed by atoms with Crippen molar-refractivity contribution in [2.45, 2.75) is 50.8 Å². The maximum Gasteiger partial charge on any atom is 0.155 e. The molecule has 0 aromatic heterocycles. The van der Waals surface area contributed by atoms with Crippen molar-refractivity contribution >= 4 is 9.84 Å². The molecule has 118 valence electrons. The molecule has 2 unspecified atom stereocenters. The third-order valence-corrected chi connectivity index (χ3v) is 6.42. The second-order valence-corrected chi connectivity index (χ2v) is 8.73. The molecule has 1 saturated heterocycles. The fourth-order valence-electron chi connectivity index (χ4n) is 3.16. The molecule has 1 aliphatic rings. The van der Waals surface area contributed by atoms with Crippen LogP contribution in [0.1, 0.15) is 50.3 Å². The smallest absolute Gasteiger partial charge is 0.155 e. The van der Waals surface area contributed by atoms with E-state index in [1.807, 2.05) is 12.1 Å². The minimum Gasteiger partial charge on any atom is -0.271 e. The van der Waals surface area contributed by atoms with E-state index in [4.69, 9.17) is 5.84 Å². The van der Waals surface area contributed by atoms with Crippen molar-refractivity contribution in [1.82, 2.24) is 5.43 Å². The zero-order chi connectivity index (χ0) is 15.5. The number of benzene rings is 1. The van der Waals surface area contributed by atoms with E-state index in [0.29, 0.717) is 12.3 Å². The first kappa shape index (κ1) is 16.5. The molecule has 1 aromatic carbocycles. The lowest BCUT2D eigenvalue weighted by molar-refractivity contribution is 0.453. The second-order valence-electron chi connectivity index (χ2n) is 6.39. The van der Waals surface area contributed by atoms with Gasteiger partial charge in [0.05, 0.1) is 17.0 Å². The van der Waals surface area contributed by atoms with Gasteiger partial charge in [-0.2, -0.15) is 0 Å². The predicted octanol–water partition coefficient (Wildman–Crippen LogP) is 2.36. The number of hydrogen-bond acceptors (Lipinski definition) is 4. The number of nitrogens with one attached hydrogen (secondary N) is 1. The molecule has 5 heteroatoms. The molecular weight excluding hydrogens is 284 g/mol. The lowest BCUT2D eigenvalue weighted by atomic mass is 9.95. The molecule has 2 rings (SSSR count). The van der Waals surface area contributed by atoms with Crippen molar-refractivity contribution in [1.29, 1.82) is 0 Å². The zero-order valence-corrected chi connectivity index (χ0v) is 13.7. The summed E-state index contributed by atoms with van der Waals surface area (Å²) in [5.74, 6) is 6.55. The first-order valence-electron chi connectivity index (χ1n) is 7.70. The summed E-state index contributed by atoms with van der Waals surface area (Å²) in [5.41, 5.74) is 4.96. The van der Waals surface area contributed by atoms with Gasteiger partial charge in [0.25, 0.3) is 0 Å². The van der Waals surface area contributed by atoms with Crippen molar-refractivity contribution < 1.29 is 8.42 Å². The Labute approximate surface area is 128 Å². The number of sulfone groups is 1. The maximum absolute atomic E-state index is 12.3. The molecule has 21 heavy (non-hydrogen) atoms. The van der Waals surface area contributed by atoms with Crippen LogP contribution in [0.5, 0.6) is 0 Å². The Morgan fingerprint density at radius 3 is 2.71 bits per heavy atom. The Bertz CT molecular complexity index is 569. The maximum atomic E-state index is 12.3. The summed E-state index contributed by atoms with van der Waals surface area (Å²) in [6.07, 6.45) is 3.39. The second kappa shape index (κ2) is 6.90. The van der Waals surface area contributed by atoms with Crippen molar-refractivity contribution in [2.75, 3.05) is 5.75 Å². The first-order valence-corrected chi connectivity index (χ1v) is 9.42. The van der Waals surface area contributed by atoms with Gasteiger partial charge in [0.15, 0.2) is 9.84 Å². The van der Waals surface area contributed by atoms with Crippen molar-refractivity contribution in [2.24, 2.45) is 11.8 Å². The molecule has 3 N–H and O–H groups in total. The average molecular weight is 310 g/mol.